The topological polar surface area (TPSA) is 144 Å². The van der Waals surface area contributed by atoms with Gasteiger partial charge in [0.1, 0.15) is 22.1 Å². The Hall–Kier alpha value is -4.80. The molecule has 0 aliphatic heterocycles. The summed E-state index contributed by atoms with van der Waals surface area (Å²) in [6.45, 7) is 6.37. The fourth-order valence-electron chi connectivity index (χ4n) is 4.12. The highest BCUT2D eigenvalue weighted by molar-refractivity contribution is 7.86. The summed E-state index contributed by atoms with van der Waals surface area (Å²) >= 11 is 0. The first-order chi connectivity index (χ1) is 20.6. The molecular weight excluding hydrogens is 584 g/mol. The van der Waals surface area contributed by atoms with E-state index in [4.69, 9.17) is 14.0 Å². The van der Waals surface area contributed by atoms with Crippen LogP contribution in [0.25, 0.3) is 0 Å². The molecule has 0 aliphatic carbocycles. The molecule has 4 aromatic carbocycles. The Balaban J connectivity index is 0.000000241. The van der Waals surface area contributed by atoms with Crippen molar-refractivity contribution in [3.63, 3.8) is 0 Å². The molecule has 4 rings (SSSR count). The van der Waals surface area contributed by atoms with Gasteiger partial charge in [-0.3, -0.25) is 18.9 Å². The lowest BCUT2D eigenvalue weighted by atomic mass is 9.86. The summed E-state index contributed by atoms with van der Waals surface area (Å²) in [5.41, 5.74) is 2.33. The van der Waals surface area contributed by atoms with E-state index in [0.29, 0.717) is 16.9 Å². The first kappa shape index (κ1) is 33.7. The van der Waals surface area contributed by atoms with Crippen LogP contribution in [0.4, 0.5) is 0 Å². The van der Waals surface area contributed by atoms with Gasteiger partial charge in [-0.25, -0.2) is 0 Å². The number of Topliss-reactive ketones (excluding diaryl/α,β-unsaturated/α-hetero) is 2. The van der Waals surface area contributed by atoms with E-state index in [-0.39, 0.29) is 40.3 Å². The number of methoxy groups -OCH3 is 2. The lowest BCUT2D eigenvalue weighted by Gasteiger charge is -2.18. The number of benzene rings is 4. The number of phenols is 1. The quantitative estimate of drug-likeness (QED) is 0.125. The molecule has 0 atom stereocenters. The SMILES string of the molecule is COc1cc(O)c(C(=O)c2ccccc2)cc1S(=O)(=O)O.COc1ccc(C(=O)CC(=O)c2ccc(C(C)(C)C)cc2)cc1. The first-order valence-electron chi connectivity index (χ1n) is 13.4. The highest BCUT2D eigenvalue weighted by Crippen LogP contribution is 2.32. The van der Waals surface area contributed by atoms with Crippen LogP contribution in [-0.4, -0.2) is 49.6 Å². The summed E-state index contributed by atoms with van der Waals surface area (Å²) in [6.07, 6.45) is -0.124. The maximum Gasteiger partial charge on any atom is 0.298 e. The standard InChI is InChI=1S/C20H22O3.C14H12O6S/c1-20(2,3)16-9-5-14(6-10-16)18(21)13-19(22)15-7-11-17(23-4)12-8-15;1-20-12-8-11(15)10(7-13(12)21(17,18)19)14(16)9-5-3-2-4-6-9/h5-12H,13H2,1-4H3;2-8,15H,1H3,(H,17,18,19). The van der Waals surface area contributed by atoms with Crippen LogP contribution in [0.5, 0.6) is 17.2 Å². The number of hydrogen-bond acceptors (Lipinski definition) is 8. The average Bonchev–Trinajstić information content (AvgIpc) is 3.00. The normalized spacial score (nSPS) is 11.1. The van der Waals surface area contributed by atoms with Crippen molar-refractivity contribution in [2.45, 2.75) is 37.5 Å². The number of ether oxygens (including phenoxy) is 2. The van der Waals surface area contributed by atoms with E-state index in [1.807, 2.05) is 12.1 Å². The van der Waals surface area contributed by atoms with Gasteiger partial charge in [-0.15, -0.1) is 0 Å². The molecule has 0 fully saturated rings. The minimum atomic E-state index is -4.59. The summed E-state index contributed by atoms with van der Waals surface area (Å²) < 4.78 is 41.6. The van der Waals surface area contributed by atoms with Crippen molar-refractivity contribution in [3.8, 4) is 17.2 Å². The van der Waals surface area contributed by atoms with Crippen molar-refractivity contribution in [3.05, 3.63) is 119 Å². The third kappa shape index (κ3) is 8.62. The van der Waals surface area contributed by atoms with Gasteiger partial charge in [0.15, 0.2) is 17.3 Å². The molecule has 230 valence electrons. The largest absolute Gasteiger partial charge is 0.507 e. The van der Waals surface area contributed by atoms with Gasteiger partial charge in [-0.2, -0.15) is 8.42 Å². The summed E-state index contributed by atoms with van der Waals surface area (Å²) in [7, 11) is -1.84. The zero-order chi connectivity index (χ0) is 32.7. The zero-order valence-corrected chi connectivity index (χ0v) is 25.8. The molecule has 0 radical (unpaired) electrons. The lowest BCUT2D eigenvalue weighted by molar-refractivity contribution is 0.0893. The average molecular weight is 619 g/mol. The second kappa shape index (κ2) is 14.1. The van der Waals surface area contributed by atoms with Gasteiger partial charge in [-0.1, -0.05) is 75.4 Å². The predicted molar refractivity (Wildman–Crippen MR) is 166 cm³/mol. The number of phenolic OH excluding ortho intramolecular Hbond substituents is 1. The molecule has 0 amide bonds. The second-order valence-electron chi connectivity index (χ2n) is 10.8. The number of carbonyl (C=O) groups excluding carboxylic acids is 3. The van der Waals surface area contributed by atoms with Gasteiger partial charge in [0.25, 0.3) is 10.1 Å². The number of ketones is 3. The highest BCUT2D eigenvalue weighted by atomic mass is 32.2. The zero-order valence-electron chi connectivity index (χ0n) is 25.0. The van der Waals surface area contributed by atoms with E-state index in [9.17, 15) is 27.9 Å². The molecule has 0 saturated carbocycles. The van der Waals surface area contributed by atoms with Crippen LogP contribution in [0.3, 0.4) is 0 Å². The van der Waals surface area contributed by atoms with Crippen LogP contribution in [0.1, 0.15) is 69.4 Å². The van der Waals surface area contributed by atoms with Crippen molar-refractivity contribution in [1.82, 2.24) is 0 Å². The molecule has 0 heterocycles. The molecule has 0 saturated heterocycles. The third-order valence-electron chi connectivity index (χ3n) is 6.65. The van der Waals surface area contributed by atoms with E-state index in [2.05, 4.69) is 20.8 Å². The minimum Gasteiger partial charge on any atom is -0.507 e. The van der Waals surface area contributed by atoms with Gasteiger partial charge in [0.2, 0.25) is 0 Å². The van der Waals surface area contributed by atoms with Crippen LogP contribution in [0.15, 0.2) is 95.9 Å². The Labute approximate surface area is 256 Å². The van der Waals surface area contributed by atoms with E-state index in [1.165, 1.54) is 19.2 Å². The van der Waals surface area contributed by atoms with E-state index >= 15 is 0 Å². The molecule has 9 nitrogen and oxygen atoms in total. The van der Waals surface area contributed by atoms with Crippen molar-refractivity contribution >= 4 is 27.5 Å². The summed E-state index contributed by atoms with van der Waals surface area (Å²) in [4.78, 5) is 36.1. The summed E-state index contributed by atoms with van der Waals surface area (Å²) in [5, 5.41) is 9.87. The van der Waals surface area contributed by atoms with Crippen LogP contribution in [0.2, 0.25) is 0 Å². The number of carbonyl (C=O) groups is 3. The fourth-order valence-corrected chi connectivity index (χ4v) is 4.78. The van der Waals surface area contributed by atoms with Crippen LogP contribution in [-0.2, 0) is 15.5 Å². The first-order valence-corrected chi connectivity index (χ1v) is 14.9. The molecule has 0 aliphatic rings. The molecule has 10 heteroatoms. The van der Waals surface area contributed by atoms with Gasteiger partial charge < -0.3 is 14.6 Å². The second-order valence-corrected chi connectivity index (χ2v) is 12.2. The Kier molecular flexibility index (Phi) is 10.8. The third-order valence-corrected chi connectivity index (χ3v) is 7.52. The van der Waals surface area contributed by atoms with Crippen molar-refractivity contribution in [2.75, 3.05) is 14.2 Å². The van der Waals surface area contributed by atoms with Crippen molar-refractivity contribution in [2.24, 2.45) is 0 Å². The van der Waals surface area contributed by atoms with Crippen LogP contribution >= 0.6 is 0 Å². The Bertz CT molecular complexity index is 1740. The highest BCUT2D eigenvalue weighted by Gasteiger charge is 2.23. The number of aromatic hydroxyl groups is 1. The molecule has 0 unspecified atom stereocenters. The van der Waals surface area contributed by atoms with Crippen LogP contribution in [0, 0.1) is 0 Å². The monoisotopic (exact) mass is 618 g/mol. The fraction of sp³-hybridized carbons (Fsp3) is 0.206. The van der Waals surface area contributed by atoms with Gasteiger partial charge in [0, 0.05) is 22.8 Å². The minimum absolute atomic E-state index is 0.0422. The van der Waals surface area contributed by atoms with Crippen molar-refractivity contribution < 1.29 is 41.9 Å². The lowest BCUT2D eigenvalue weighted by Crippen LogP contribution is -2.12. The maximum atomic E-state index is 12.3. The van der Waals surface area contributed by atoms with E-state index < -0.39 is 26.5 Å². The molecule has 0 spiro atoms. The smallest absolute Gasteiger partial charge is 0.298 e. The molecule has 0 aromatic heterocycles. The summed E-state index contributed by atoms with van der Waals surface area (Å²) in [5.74, 6) is -0.914. The summed E-state index contributed by atoms with van der Waals surface area (Å²) in [6, 6.07) is 24.2. The van der Waals surface area contributed by atoms with E-state index in [0.717, 1.165) is 17.7 Å². The maximum absolute atomic E-state index is 12.3. The van der Waals surface area contributed by atoms with Crippen LogP contribution < -0.4 is 9.47 Å². The molecule has 44 heavy (non-hydrogen) atoms. The number of rotatable bonds is 9. The Morgan fingerprint density at radius 2 is 1.25 bits per heavy atom. The molecular formula is C34H34O9S. The van der Waals surface area contributed by atoms with Crippen molar-refractivity contribution in [1.29, 1.82) is 0 Å². The molecule has 0 bridgehead atoms. The predicted octanol–water partition coefficient (Wildman–Crippen LogP) is 6.33. The van der Waals surface area contributed by atoms with E-state index in [1.54, 1.807) is 61.7 Å². The number of hydrogen-bond donors (Lipinski definition) is 2. The molecule has 4 aromatic rings. The van der Waals surface area contributed by atoms with Gasteiger partial charge in [0.05, 0.1) is 26.2 Å². The van der Waals surface area contributed by atoms with Gasteiger partial charge in [-0.05, 0) is 41.3 Å². The van der Waals surface area contributed by atoms with Gasteiger partial charge >= 0.3 is 0 Å². The Morgan fingerprint density at radius 1 is 0.727 bits per heavy atom. The molecule has 2 N–H and O–H groups in total. The Morgan fingerprint density at radius 3 is 1.70 bits per heavy atom.